The van der Waals surface area contributed by atoms with Crippen LogP contribution >= 0.6 is 0 Å². The molecule has 1 heteroatoms. The molecule has 0 heterocycles. The van der Waals surface area contributed by atoms with Crippen molar-refractivity contribution < 1.29 is 0 Å². The van der Waals surface area contributed by atoms with Crippen molar-refractivity contribution in [1.82, 2.24) is 0 Å². The zero-order valence-corrected chi connectivity index (χ0v) is 9.67. The van der Waals surface area contributed by atoms with E-state index in [0.29, 0.717) is 0 Å². The molecule has 1 nitrogen and oxygen atoms in total. The molecule has 0 spiro atoms. The lowest BCUT2D eigenvalue weighted by Crippen LogP contribution is -1.80. The van der Waals surface area contributed by atoms with Crippen LogP contribution in [0.5, 0.6) is 0 Å². The summed E-state index contributed by atoms with van der Waals surface area (Å²) in [5.74, 6) is 0. The van der Waals surface area contributed by atoms with Gasteiger partial charge in [-0.1, -0.05) is 30.7 Å². The summed E-state index contributed by atoms with van der Waals surface area (Å²) in [6, 6.07) is 0. The number of allylic oxidation sites excluding steroid dienone is 7. The van der Waals surface area contributed by atoms with Crippen molar-refractivity contribution in [3.8, 4) is 0 Å². The highest BCUT2D eigenvalue weighted by Gasteiger charge is 1.89. The zero-order chi connectivity index (χ0) is 11.0. The average molecular weight is 191 g/mol. The molecule has 0 aliphatic heterocycles. The molecule has 0 atom stereocenters. The van der Waals surface area contributed by atoms with Crippen molar-refractivity contribution in [2.24, 2.45) is 5.73 Å². The van der Waals surface area contributed by atoms with E-state index in [1.807, 2.05) is 12.2 Å². The Balaban J connectivity index is 4.53. The first-order valence-electron chi connectivity index (χ1n) is 5.01. The summed E-state index contributed by atoms with van der Waals surface area (Å²) >= 11 is 0. The topological polar surface area (TPSA) is 26.0 Å². The van der Waals surface area contributed by atoms with E-state index >= 15 is 0 Å². The van der Waals surface area contributed by atoms with Gasteiger partial charge in [0.1, 0.15) is 0 Å². The van der Waals surface area contributed by atoms with E-state index < -0.39 is 0 Å². The molecule has 0 unspecified atom stereocenters. The van der Waals surface area contributed by atoms with Gasteiger partial charge in [0.25, 0.3) is 0 Å². The molecule has 78 valence electrons. The predicted molar refractivity (Wildman–Crippen MR) is 64.9 cm³/mol. The number of rotatable bonds is 4. The van der Waals surface area contributed by atoms with Gasteiger partial charge in [0, 0.05) is 0 Å². The van der Waals surface area contributed by atoms with E-state index in [9.17, 15) is 0 Å². The van der Waals surface area contributed by atoms with Crippen molar-refractivity contribution in [2.45, 2.75) is 34.1 Å². The van der Waals surface area contributed by atoms with Gasteiger partial charge in [-0.05, 0) is 50.6 Å². The lowest BCUT2D eigenvalue weighted by Gasteiger charge is -1.98. The minimum Gasteiger partial charge on any atom is -0.405 e. The van der Waals surface area contributed by atoms with Crippen LogP contribution in [0, 0.1) is 0 Å². The SMILES string of the molecule is CC/C(C)=C/C=C(C)\C(C)=C\C=C/N. The summed E-state index contributed by atoms with van der Waals surface area (Å²) in [5.41, 5.74) is 9.18. The Kier molecular flexibility index (Phi) is 6.55. The van der Waals surface area contributed by atoms with Crippen LogP contribution in [-0.4, -0.2) is 0 Å². The summed E-state index contributed by atoms with van der Waals surface area (Å²) in [6.07, 6.45) is 10.8. The van der Waals surface area contributed by atoms with Gasteiger partial charge in [-0.25, -0.2) is 0 Å². The quantitative estimate of drug-likeness (QED) is 0.673. The Bertz CT molecular complexity index is 278. The normalized spacial score (nSPS) is 15.3. The smallest absolute Gasteiger partial charge is 0.00623 e. The van der Waals surface area contributed by atoms with Crippen LogP contribution in [-0.2, 0) is 0 Å². The molecule has 0 aliphatic carbocycles. The monoisotopic (exact) mass is 191 g/mol. The standard InChI is InChI=1S/C13H21N/c1-5-11(2)8-9-13(4)12(3)7-6-10-14/h6-10H,5,14H2,1-4H3/b10-6-,11-8+,12-7+,13-9-. The van der Waals surface area contributed by atoms with E-state index in [1.165, 1.54) is 16.7 Å². The molecule has 2 N–H and O–H groups in total. The third-order valence-corrected chi connectivity index (χ3v) is 2.25. The van der Waals surface area contributed by atoms with Gasteiger partial charge in [0.15, 0.2) is 0 Å². The van der Waals surface area contributed by atoms with E-state index in [2.05, 4.69) is 39.8 Å². The zero-order valence-electron chi connectivity index (χ0n) is 9.67. The van der Waals surface area contributed by atoms with Crippen molar-refractivity contribution in [2.75, 3.05) is 0 Å². The fourth-order valence-electron chi connectivity index (χ4n) is 0.848. The molecule has 14 heavy (non-hydrogen) atoms. The van der Waals surface area contributed by atoms with Crippen LogP contribution in [0.25, 0.3) is 0 Å². The fraction of sp³-hybridized carbons (Fsp3) is 0.385. The van der Waals surface area contributed by atoms with E-state index in [1.54, 1.807) is 6.20 Å². The summed E-state index contributed by atoms with van der Waals surface area (Å²) in [6.45, 7) is 8.49. The van der Waals surface area contributed by atoms with Gasteiger partial charge in [-0.3, -0.25) is 0 Å². The van der Waals surface area contributed by atoms with Crippen LogP contribution in [0.2, 0.25) is 0 Å². The minimum atomic E-state index is 1.11. The van der Waals surface area contributed by atoms with Crippen molar-refractivity contribution in [3.05, 3.63) is 47.2 Å². The highest BCUT2D eigenvalue weighted by Crippen LogP contribution is 2.09. The van der Waals surface area contributed by atoms with Gasteiger partial charge in [-0.15, -0.1) is 0 Å². The second-order valence-corrected chi connectivity index (χ2v) is 3.45. The molecule has 0 radical (unpaired) electrons. The van der Waals surface area contributed by atoms with E-state index in [0.717, 1.165) is 6.42 Å². The molecule has 0 aromatic heterocycles. The molecular weight excluding hydrogens is 170 g/mol. The molecular formula is C13H21N. The second-order valence-electron chi connectivity index (χ2n) is 3.45. The molecule has 0 bridgehead atoms. The largest absolute Gasteiger partial charge is 0.405 e. The average Bonchev–Trinajstić information content (AvgIpc) is 2.21. The number of nitrogens with two attached hydrogens (primary N) is 1. The van der Waals surface area contributed by atoms with Crippen molar-refractivity contribution in [1.29, 1.82) is 0 Å². The lowest BCUT2D eigenvalue weighted by molar-refractivity contribution is 1.10. The highest BCUT2D eigenvalue weighted by molar-refractivity contribution is 5.33. The Hall–Kier alpha value is -1.24. The predicted octanol–water partition coefficient (Wildman–Crippen LogP) is 3.71. The molecule has 0 amide bonds. The summed E-state index contributed by atoms with van der Waals surface area (Å²) in [7, 11) is 0. The summed E-state index contributed by atoms with van der Waals surface area (Å²) in [4.78, 5) is 0. The third kappa shape index (κ3) is 5.41. The van der Waals surface area contributed by atoms with Gasteiger partial charge >= 0.3 is 0 Å². The molecule has 0 rings (SSSR count). The van der Waals surface area contributed by atoms with Crippen LogP contribution < -0.4 is 5.73 Å². The molecule has 0 aromatic rings. The van der Waals surface area contributed by atoms with Gasteiger partial charge in [-0.2, -0.15) is 0 Å². The Morgan fingerprint density at radius 1 is 1.00 bits per heavy atom. The first-order chi connectivity index (χ1) is 6.61. The first-order valence-corrected chi connectivity index (χ1v) is 5.01. The highest BCUT2D eigenvalue weighted by atomic mass is 14.5. The van der Waals surface area contributed by atoms with Crippen LogP contribution in [0.4, 0.5) is 0 Å². The van der Waals surface area contributed by atoms with E-state index in [-0.39, 0.29) is 0 Å². The second kappa shape index (κ2) is 7.19. The van der Waals surface area contributed by atoms with Gasteiger partial charge in [0.2, 0.25) is 0 Å². The molecule has 0 saturated heterocycles. The first kappa shape index (κ1) is 12.8. The van der Waals surface area contributed by atoms with Gasteiger partial charge < -0.3 is 5.73 Å². The van der Waals surface area contributed by atoms with Crippen molar-refractivity contribution >= 4 is 0 Å². The summed E-state index contributed by atoms with van der Waals surface area (Å²) < 4.78 is 0. The fourth-order valence-corrected chi connectivity index (χ4v) is 0.848. The van der Waals surface area contributed by atoms with Crippen molar-refractivity contribution in [3.63, 3.8) is 0 Å². The molecule has 0 fully saturated rings. The Labute approximate surface area is 87.7 Å². The van der Waals surface area contributed by atoms with Crippen LogP contribution in [0.3, 0.4) is 0 Å². The maximum atomic E-state index is 5.26. The maximum absolute atomic E-state index is 5.26. The molecule has 0 saturated carbocycles. The molecule has 0 aliphatic rings. The Morgan fingerprint density at radius 2 is 1.57 bits per heavy atom. The maximum Gasteiger partial charge on any atom is -0.00623 e. The summed E-state index contributed by atoms with van der Waals surface area (Å²) in [5, 5.41) is 0. The minimum absolute atomic E-state index is 1.11. The number of hydrogen-bond donors (Lipinski definition) is 1. The Morgan fingerprint density at radius 3 is 2.07 bits per heavy atom. The van der Waals surface area contributed by atoms with Crippen LogP contribution in [0.15, 0.2) is 47.2 Å². The third-order valence-electron chi connectivity index (χ3n) is 2.25. The van der Waals surface area contributed by atoms with E-state index in [4.69, 9.17) is 5.73 Å². The number of hydrogen-bond acceptors (Lipinski definition) is 1. The van der Waals surface area contributed by atoms with Crippen LogP contribution in [0.1, 0.15) is 34.1 Å². The molecule has 0 aromatic carbocycles. The van der Waals surface area contributed by atoms with Gasteiger partial charge in [0.05, 0.1) is 0 Å². The lowest BCUT2D eigenvalue weighted by atomic mass is 10.1.